The van der Waals surface area contributed by atoms with Crippen molar-refractivity contribution in [1.82, 2.24) is 15.2 Å². The van der Waals surface area contributed by atoms with Gasteiger partial charge in [0.15, 0.2) is 0 Å². The van der Waals surface area contributed by atoms with E-state index in [9.17, 15) is 9.59 Å². The maximum Gasteiger partial charge on any atom is 0.312 e. The van der Waals surface area contributed by atoms with E-state index in [-0.39, 0.29) is 11.9 Å². The molecule has 0 saturated carbocycles. The number of likely N-dealkylation sites (tertiary alicyclic amines) is 1. The van der Waals surface area contributed by atoms with E-state index in [0.29, 0.717) is 18.7 Å². The van der Waals surface area contributed by atoms with Gasteiger partial charge in [-0.15, -0.1) is 0 Å². The molecule has 3 amide bonds. The van der Waals surface area contributed by atoms with Crippen LogP contribution in [-0.2, 0) is 0 Å². The Morgan fingerprint density at radius 3 is 2.67 bits per heavy atom. The molecule has 0 aromatic carbocycles. The van der Waals surface area contributed by atoms with Crippen molar-refractivity contribution in [2.45, 2.75) is 18.9 Å². The van der Waals surface area contributed by atoms with Gasteiger partial charge in [0.05, 0.1) is 5.56 Å². The van der Waals surface area contributed by atoms with E-state index in [0.717, 1.165) is 12.8 Å². The van der Waals surface area contributed by atoms with Crippen molar-refractivity contribution in [2.75, 3.05) is 13.1 Å². The number of nitrogens with two attached hydrogens (primary N) is 1. The van der Waals surface area contributed by atoms with Crippen LogP contribution < -0.4 is 11.1 Å². The van der Waals surface area contributed by atoms with Crippen LogP contribution >= 0.6 is 0 Å². The number of carbonyl (C=O) groups is 2. The van der Waals surface area contributed by atoms with Gasteiger partial charge in [-0.3, -0.25) is 9.78 Å². The van der Waals surface area contributed by atoms with Gasteiger partial charge in [-0.2, -0.15) is 0 Å². The Labute approximate surface area is 105 Å². The average molecular weight is 248 g/mol. The highest BCUT2D eigenvalue weighted by Gasteiger charge is 2.24. The van der Waals surface area contributed by atoms with Gasteiger partial charge >= 0.3 is 6.03 Å². The number of carbonyl (C=O) groups excluding carboxylic acids is 2. The molecule has 2 rings (SSSR count). The standard InChI is InChI=1S/C12H16N4O2/c13-12(18)15-10-3-6-16(7-4-10)11(17)9-2-1-5-14-8-9/h1-2,5,8,10H,3-4,6-7H2,(H3,13,15,18). The summed E-state index contributed by atoms with van der Waals surface area (Å²) in [6, 6.07) is 3.06. The summed E-state index contributed by atoms with van der Waals surface area (Å²) in [5.74, 6) is -0.0133. The molecule has 0 spiro atoms. The molecule has 1 saturated heterocycles. The first-order valence-corrected chi connectivity index (χ1v) is 5.92. The number of hydrogen-bond donors (Lipinski definition) is 2. The third-order valence-electron chi connectivity index (χ3n) is 3.04. The third kappa shape index (κ3) is 2.97. The van der Waals surface area contributed by atoms with Gasteiger partial charge in [-0.25, -0.2) is 4.79 Å². The summed E-state index contributed by atoms with van der Waals surface area (Å²) in [5, 5.41) is 2.67. The van der Waals surface area contributed by atoms with Crippen molar-refractivity contribution in [3.8, 4) is 0 Å². The monoisotopic (exact) mass is 248 g/mol. The lowest BCUT2D eigenvalue weighted by atomic mass is 10.0. The van der Waals surface area contributed by atoms with Crippen molar-refractivity contribution in [2.24, 2.45) is 5.73 Å². The van der Waals surface area contributed by atoms with E-state index in [4.69, 9.17) is 5.73 Å². The van der Waals surface area contributed by atoms with Gasteiger partial charge in [0, 0.05) is 31.5 Å². The molecule has 1 fully saturated rings. The number of rotatable bonds is 2. The Morgan fingerprint density at radius 2 is 2.11 bits per heavy atom. The maximum absolute atomic E-state index is 12.1. The van der Waals surface area contributed by atoms with Crippen molar-refractivity contribution < 1.29 is 9.59 Å². The van der Waals surface area contributed by atoms with Crippen LogP contribution in [0.5, 0.6) is 0 Å². The zero-order valence-electron chi connectivity index (χ0n) is 10.0. The second-order valence-electron chi connectivity index (χ2n) is 4.32. The first kappa shape index (κ1) is 12.3. The molecule has 6 nitrogen and oxygen atoms in total. The van der Waals surface area contributed by atoms with Crippen LogP contribution in [0.15, 0.2) is 24.5 Å². The van der Waals surface area contributed by atoms with Crippen LogP contribution in [0.25, 0.3) is 0 Å². The number of nitrogens with zero attached hydrogens (tertiary/aromatic N) is 2. The average Bonchev–Trinajstić information content (AvgIpc) is 2.39. The van der Waals surface area contributed by atoms with Crippen LogP contribution in [0.3, 0.4) is 0 Å². The molecule has 1 aliphatic heterocycles. The predicted molar refractivity (Wildman–Crippen MR) is 65.9 cm³/mol. The summed E-state index contributed by atoms with van der Waals surface area (Å²) in [4.78, 5) is 28.5. The van der Waals surface area contributed by atoms with Crippen LogP contribution in [0, 0.1) is 0 Å². The maximum atomic E-state index is 12.1. The second kappa shape index (κ2) is 5.48. The molecule has 0 unspecified atom stereocenters. The van der Waals surface area contributed by atoms with Gasteiger partial charge in [-0.05, 0) is 25.0 Å². The highest BCUT2D eigenvalue weighted by Crippen LogP contribution is 2.13. The fourth-order valence-corrected chi connectivity index (χ4v) is 2.10. The normalized spacial score (nSPS) is 16.3. The zero-order chi connectivity index (χ0) is 13.0. The molecule has 1 aromatic rings. The van der Waals surface area contributed by atoms with Gasteiger partial charge in [0.2, 0.25) is 0 Å². The summed E-state index contributed by atoms with van der Waals surface area (Å²) < 4.78 is 0. The van der Waals surface area contributed by atoms with E-state index in [1.165, 1.54) is 0 Å². The van der Waals surface area contributed by atoms with E-state index in [2.05, 4.69) is 10.3 Å². The molecule has 0 radical (unpaired) electrons. The summed E-state index contributed by atoms with van der Waals surface area (Å²) >= 11 is 0. The molecule has 1 aliphatic rings. The summed E-state index contributed by atoms with van der Waals surface area (Å²) in [5.41, 5.74) is 5.67. The molecule has 2 heterocycles. The highest BCUT2D eigenvalue weighted by molar-refractivity contribution is 5.93. The van der Waals surface area contributed by atoms with E-state index in [1.807, 2.05) is 0 Å². The van der Waals surface area contributed by atoms with Gasteiger partial charge < -0.3 is 16.0 Å². The minimum Gasteiger partial charge on any atom is -0.352 e. The Bertz CT molecular complexity index is 427. The molecule has 3 N–H and O–H groups in total. The van der Waals surface area contributed by atoms with Crippen LogP contribution in [0.2, 0.25) is 0 Å². The van der Waals surface area contributed by atoms with Crippen LogP contribution in [0.1, 0.15) is 23.2 Å². The number of primary amides is 1. The number of piperidine rings is 1. The molecular formula is C12H16N4O2. The number of pyridine rings is 1. The second-order valence-corrected chi connectivity index (χ2v) is 4.32. The summed E-state index contributed by atoms with van der Waals surface area (Å²) in [7, 11) is 0. The molecule has 0 aliphatic carbocycles. The quantitative estimate of drug-likeness (QED) is 0.791. The Hall–Kier alpha value is -2.11. The van der Waals surface area contributed by atoms with Gasteiger partial charge in [-0.1, -0.05) is 0 Å². The largest absolute Gasteiger partial charge is 0.352 e. The van der Waals surface area contributed by atoms with Gasteiger partial charge in [0.1, 0.15) is 0 Å². The van der Waals surface area contributed by atoms with Crippen molar-refractivity contribution >= 4 is 11.9 Å². The molecular weight excluding hydrogens is 232 g/mol. The molecule has 6 heteroatoms. The fourth-order valence-electron chi connectivity index (χ4n) is 2.10. The molecule has 1 aromatic heterocycles. The topological polar surface area (TPSA) is 88.3 Å². The Kier molecular flexibility index (Phi) is 3.76. The Morgan fingerprint density at radius 1 is 1.39 bits per heavy atom. The Balaban J connectivity index is 1.90. The zero-order valence-corrected chi connectivity index (χ0v) is 10.0. The van der Waals surface area contributed by atoms with Gasteiger partial charge in [0.25, 0.3) is 5.91 Å². The molecule has 18 heavy (non-hydrogen) atoms. The highest BCUT2D eigenvalue weighted by atomic mass is 16.2. The van der Waals surface area contributed by atoms with Crippen LogP contribution in [0.4, 0.5) is 4.79 Å². The van der Waals surface area contributed by atoms with Crippen molar-refractivity contribution in [3.05, 3.63) is 30.1 Å². The lowest BCUT2D eigenvalue weighted by Crippen LogP contribution is -2.47. The van der Waals surface area contributed by atoms with E-state index < -0.39 is 6.03 Å². The molecule has 0 bridgehead atoms. The summed E-state index contributed by atoms with van der Waals surface area (Å²) in [6.07, 6.45) is 4.67. The van der Waals surface area contributed by atoms with Crippen molar-refractivity contribution in [3.63, 3.8) is 0 Å². The fraction of sp³-hybridized carbons (Fsp3) is 0.417. The summed E-state index contributed by atoms with van der Waals surface area (Å²) in [6.45, 7) is 1.25. The number of nitrogens with one attached hydrogen (secondary N) is 1. The first-order chi connectivity index (χ1) is 8.66. The minimum atomic E-state index is -0.507. The molecule has 0 atom stereocenters. The lowest BCUT2D eigenvalue weighted by Gasteiger charge is -2.32. The lowest BCUT2D eigenvalue weighted by molar-refractivity contribution is 0.0708. The minimum absolute atomic E-state index is 0.0133. The number of urea groups is 1. The predicted octanol–water partition coefficient (Wildman–Crippen LogP) is 0.354. The number of amides is 3. The number of hydrogen-bond acceptors (Lipinski definition) is 3. The third-order valence-corrected chi connectivity index (χ3v) is 3.04. The SMILES string of the molecule is NC(=O)NC1CCN(C(=O)c2cccnc2)CC1. The van der Waals surface area contributed by atoms with Crippen molar-refractivity contribution in [1.29, 1.82) is 0 Å². The molecule has 96 valence electrons. The van der Waals surface area contributed by atoms with E-state index in [1.54, 1.807) is 29.4 Å². The number of aromatic nitrogens is 1. The van der Waals surface area contributed by atoms with E-state index >= 15 is 0 Å². The first-order valence-electron chi connectivity index (χ1n) is 5.92. The van der Waals surface area contributed by atoms with Crippen LogP contribution in [-0.4, -0.2) is 41.0 Å². The smallest absolute Gasteiger partial charge is 0.312 e.